The van der Waals surface area contributed by atoms with E-state index in [9.17, 15) is 13.6 Å². The minimum atomic E-state index is -2.46. The summed E-state index contributed by atoms with van der Waals surface area (Å²) in [6.45, 7) is -0.399. The Kier molecular flexibility index (Phi) is 4.69. The van der Waals surface area contributed by atoms with Crippen LogP contribution >= 0.6 is 0 Å². The summed E-state index contributed by atoms with van der Waals surface area (Å²) in [6, 6.07) is 0. The molecule has 0 aromatic rings. The second kappa shape index (κ2) is 5.01. The number of carbonyl (C=O) groups is 1. The van der Waals surface area contributed by atoms with Crippen LogP contribution in [0.2, 0.25) is 0 Å². The lowest BCUT2D eigenvalue weighted by atomic mass is 10.5. The molecule has 0 spiro atoms. The van der Waals surface area contributed by atoms with Crippen LogP contribution in [0.1, 0.15) is 0 Å². The maximum Gasteiger partial charge on any atom is 0.255 e. The first-order chi connectivity index (χ1) is 5.07. The van der Waals surface area contributed by atoms with Gasteiger partial charge >= 0.3 is 0 Å². The lowest BCUT2D eigenvalue weighted by molar-refractivity contribution is -0.130. The second-order valence-corrected chi connectivity index (χ2v) is 2.20. The highest BCUT2D eigenvalue weighted by Gasteiger charge is 2.12. The van der Waals surface area contributed by atoms with Crippen molar-refractivity contribution in [2.24, 2.45) is 0 Å². The molecule has 11 heavy (non-hydrogen) atoms. The Morgan fingerprint density at radius 1 is 1.64 bits per heavy atom. The van der Waals surface area contributed by atoms with Gasteiger partial charge in [0.05, 0.1) is 13.1 Å². The molecule has 3 nitrogen and oxygen atoms in total. The molecule has 0 heterocycles. The Morgan fingerprint density at radius 2 is 2.18 bits per heavy atom. The molecule has 0 aliphatic heterocycles. The molecule has 0 aliphatic rings. The van der Waals surface area contributed by atoms with Crippen molar-refractivity contribution in [1.29, 1.82) is 0 Å². The van der Waals surface area contributed by atoms with Crippen LogP contribution in [0.5, 0.6) is 0 Å². The molecule has 66 valence electrons. The Bertz CT molecular complexity index is 130. The van der Waals surface area contributed by atoms with Gasteiger partial charge in [-0.25, -0.2) is 8.78 Å². The van der Waals surface area contributed by atoms with Gasteiger partial charge in [0.25, 0.3) is 6.43 Å². The van der Waals surface area contributed by atoms with Gasteiger partial charge < -0.3 is 10.2 Å². The first-order valence-electron chi connectivity index (χ1n) is 3.24. The Morgan fingerprint density at radius 3 is 2.55 bits per heavy atom. The zero-order valence-corrected chi connectivity index (χ0v) is 6.60. The van der Waals surface area contributed by atoms with Gasteiger partial charge in [-0.2, -0.15) is 0 Å². The van der Waals surface area contributed by atoms with Gasteiger partial charge in [0, 0.05) is 7.05 Å². The number of amides is 1. The van der Waals surface area contributed by atoms with Crippen molar-refractivity contribution in [3.63, 3.8) is 0 Å². The molecule has 0 rings (SSSR count). The fraction of sp³-hybridized carbons (Fsp3) is 0.833. The summed E-state index contributed by atoms with van der Waals surface area (Å²) >= 11 is 0. The standard InChI is InChI=1S/C6H12F2N2O/c1-9-3-6(11)10(2)4-5(7)8/h5,9H,3-4H2,1-2H3. The third-order valence-corrected chi connectivity index (χ3v) is 1.17. The van der Waals surface area contributed by atoms with Gasteiger partial charge in [0.15, 0.2) is 0 Å². The van der Waals surface area contributed by atoms with Crippen molar-refractivity contribution in [2.45, 2.75) is 6.43 Å². The third-order valence-electron chi connectivity index (χ3n) is 1.17. The third kappa shape index (κ3) is 4.66. The Hall–Kier alpha value is -0.710. The average molecular weight is 166 g/mol. The molecule has 0 saturated heterocycles. The number of alkyl halides is 2. The minimum Gasteiger partial charge on any atom is -0.339 e. The molecule has 0 fully saturated rings. The molecule has 0 atom stereocenters. The molecule has 5 heteroatoms. The number of likely N-dealkylation sites (N-methyl/N-ethyl adjacent to an activating group) is 2. The lowest BCUT2D eigenvalue weighted by Gasteiger charge is -2.15. The van der Waals surface area contributed by atoms with E-state index in [4.69, 9.17) is 0 Å². The van der Waals surface area contributed by atoms with E-state index >= 15 is 0 Å². The molecule has 0 radical (unpaired) electrons. The molecule has 0 aliphatic carbocycles. The molecule has 0 aromatic carbocycles. The maximum absolute atomic E-state index is 11.7. The second-order valence-electron chi connectivity index (χ2n) is 2.20. The fourth-order valence-corrected chi connectivity index (χ4v) is 0.595. The van der Waals surface area contributed by atoms with Crippen LogP contribution in [0.3, 0.4) is 0 Å². The zero-order chi connectivity index (χ0) is 8.85. The van der Waals surface area contributed by atoms with Crippen molar-refractivity contribution < 1.29 is 13.6 Å². The van der Waals surface area contributed by atoms with Gasteiger partial charge in [0.1, 0.15) is 0 Å². The van der Waals surface area contributed by atoms with E-state index in [-0.39, 0.29) is 12.5 Å². The van der Waals surface area contributed by atoms with Crippen molar-refractivity contribution >= 4 is 5.91 Å². The summed E-state index contributed by atoms with van der Waals surface area (Å²) in [5, 5.41) is 2.59. The molecule has 1 N–H and O–H groups in total. The highest BCUT2D eigenvalue weighted by Crippen LogP contribution is 1.94. The van der Waals surface area contributed by atoms with Crippen LogP contribution in [0.15, 0.2) is 0 Å². The Labute approximate surface area is 64.4 Å². The summed E-state index contributed by atoms with van der Waals surface area (Å²) in [5.41, 5.74) is 0. The van der Waals surface area contributed by atoms with Crippen LogP contribution < -0.4 is 5.32 Å². The first-order valence-corrected chi connectivity index (χ1v) is 3.24. The van der Waals surface area contributed by atoms with E-state index in [1.54, 1.807) is 7.05 Å². The summed E-state index contributed by atoms with van der Waals surface area (Å²) in [5.74, 6) is -0.326. The Balaban J connectivity index is 3.64. The largest absolute Gasteiger partial charge is 0.339 e. The van der Waals surface area contributed by atoms with Gasteiger partial charge in [0.2, 0.25) is 5.91 Å². The van der Waals surface area contributed by atoms with Gasteiger partial charge in [-0.3, -0.25) is 4.79 Å². The van der Waals surface area contributed by atoms with Crippen molar-refractivity contribution in [2.75, 3.05) is 27.2 Å². The van der Waals surface area contributed by atoms with Crippen LogP contribution in [-0.2, 0) is 4.79 Å². The minimum absolute atomic E-state index is 0.100. The van der Waals surface area contributed by atoms with Crippen molar-refractivity contribution in [1.82, 2.24) is 10.2 Å². The van der Waals surface area contributed by atoms with Crippen LogP contribution in [0.25, 0.3) is 0 Å². The number of hydrogen-bond acceptors (Lipinski definition) is 2. The molecular formula is C6H12F2N2O. The normalized spacial score (nSPS) is 10.3. The molecule has 0 saturated carbocycles. The number of nitrogens with zero attached hydrogens (tertiary/aromatic N) is 1. The predicted molar refractivity (Wildman–Crippen MR) is 37.6 cm³/mol. The number of nitrogens with one attached hydrogen (secondary N) is 1. The summed E-state index contributed by atoms with van der Waals surface area (Å²) in [4.78, 5) is 11.8. The van der Waals surface area contributed by atoms with Crippen molar-refractivity contribution in [3.05, 3.63) is 0 Å². The maximum atomic E-state index is 11.7. The molecule has 1 amide bonds. The van der Waals surface area contributed by atoms with Gasteiger partial charge in [-0.15, -0.1) is 0 Å². The summed E-state index contributed by atoms with van der Waals surface area (Å²) in [6.07, 6.45) is -2.46. The highest BCUT2D eigenvalue weighted by atomic mass is 19.3. The van der Waals surface area contributed by atoms with E-state index in [1.807, 2.05) is 0 Å². The molecule has 0 unspecified atom stereocenters. The number of rotatable bonds is 4. The quantitative estimate of drug-likeness (QED) is 0.634. The number of carbonyl (C=O) groups excluding carboxylic acids is 1. The molecular weight excluding hydrogens is 154 g/mol. The highest BCUT2D eigenvalue weighted by molar-refractivity contribution is 5.77. The van der Waals surface area contributed by atoms with Gasteiger partial charge in [-0.05, 0) is 7.05 Å². The van der Waals surface area contributed by atoms with Crippen molar-refractivity contribution in [3.8, 4) is 0 Å². The van der Waals surface area contributed by atoms with Gasteiger partial charge in [-0.1, -0.05) is 0 Å². The van der Waals surface area contributed by atoms with E-state index < -0.39 is 13.0 Å². The lowest BCUT2D eigenvalue weighted by Crippen LogP contribution is -2.36. The van der Waals surface area contributed by atoms with Crippen LogP contribution in [0.4, 0.5) is 8.78 Å². The van der Waals surface area contributed by atoms with Crippen LogP contribution in [-0.4, -0.2) is 44.4 Å². The topological polar surface area (TPSA) is 32.3 Å². The summed E-state index contributed by atoms with van der Waals surface area (Å²) < 4.78 is 23.3. The van der Waals surface area contributed by atoms with E-state index in [2.05, 4.69) is 5.32 Å². The molecule has 0 bridgehead atoms. The first kappa shape index (κ1) is 10.3. The SMILES string of the molecule is CNCC(=O)N(C)CC(F)F. The number of halogens is 2. The van der Waals surface area contributed by atoms with E-state index in [0.717, 1.165) is 4.90 Å². The van der Waals surface area contributed by atoms with Crippen LogP contribution in [0, 0.1) is 0 Å². The van der Waals surface area contributed by atoms with E-state index in [1.165, 1.54) is 7.05 Å². The zero-order valence-electron chi connectivity index (χ0n) is 6.60. The average Bonchev–Trinajstić information content (AvgIpc) is 1.86. The number of hydrogen-bond donors (Lipinski definition) is 1. The summed E-state index contributed by atoms with van der Waals surface area (Å²) in [7, 11) is 2.94. The smallest absolute Gasteiger partial charge is 0.255 e. The van der Waals surface area contributed by atoms with E-state index in [0.29, 0.717) is 0 Å². The molecule has 0 aromatic heterocycles. The predicted octanol–water partition coefficient (Wildman–Crippen LogP) is -0.0707. The monoisotopic (exact) mass is 166 g/mol. The fourth-order valence-electron chi connectivity index (χ4n) is 0.595.